The van der Waals surface area contributed by atoms with E-state index in [0.717, 1.165) is 0 Å². The molecule has 1 amide bonds. The summed E-state index contributed by atoms with van der Waals surface area (Å²) >= 11 is 0. The van der Waals surface area contributed by atoms with Crippen LogP contribution in [0.4, 0.5) is 4.39 Å². The molecule has 0 aliphatic rings. The number of carbonyl (C=O) groups is 1. The van der Waals surface area contributed by atoms with Gasteiger partial charge in [0.2, 0.25) is 5.91 Å². The molecule has 0 radical (unpaired) electrons. The maximum Gasteiger partial charge on any atom is 0.236 e. The van der Waals surface area contributed by atoms with Crippen LogP contribution in [-0.2, 0) is 11.3 Å². The molecule has 0 saturated heterocycles. The topological polar surface area (TPSA) is 32.3 Å². The number of amides is 1. The smallest absolute Gasteiger partial charge is 0.236 e. The van der Waals surface area contributed by atoms with Crippen molar-refractivity contribution in [2.75, 3.05) is 20.6 Å². The Bertz CT molecular complexity index is 339. The summed E-state index contributed by atoms with van der Waals surface area (Å²) in [5.41, 5.74) is 0.573. The molecule has 0 heterocycles. The summed E-state index contributed by atoms with van der Waals surface area (Å²) < 4.78 is 13.1. The first-order valence-electron chi connectivity index (χ1n) is 4.75. The zero-order valence-electron chi connectivity index (χ0n) is 8.96. The van der Waals surface area contributed by atoms with Gasteiger partial charge in [0.25, 0.3) is 0 Å². The van der Waals surface area contributed by atoms with Crippen LogP contribution in [0.1, 0.15) is 5.56 Å². The van der Waals surface area contributed by atoms with Crippen molar-refractivity contribution in [3.63, 3.8) is 0 Å². The standard InChI is InChI=1S/C11H15FN2O/c1-14(2)11(15)8-13-7-9-5-3-4-6-10(9)12/h3-6,13H,7-8H2,1-2H3. The van der Waals surface area contributed by atoms with E-state index in [1.54, 1.807) is 32.3 Å². The summed E-state index contributed by atoms with van der Waals surface area (Å²) in [6.07, 6.45) is 0. The van der Waals surface area contributed by atoms with Crippen LogP contribution in [0.3, 0.4) is 0 Å². The van der Waals surface area contributed by atoms with Gasteiger partial charge in [-0.1, -0.05) is 18.2 Å². The van der Waals surface area contributed by atoms with Crippen LogP contribution in [-0.4, -0.2) is 31.4 Å². The first-order valence-corrected chi connectivity index (χ1v) is 4.75. The van der Waals surface area contributed by atoms with Gasteiger partial charge in [0.15, 0.2) is 0 Å². The molecule has 1 aromatic carbocycles. The molecule has 0 saturated carbocycles. The molecule has 4 heteroatoms. The van der Waals surface area contributed by atoms with Gasteiger partial charge in [0, 0.05) is 26.2 Å². The van der Waals surface area contributed by atoms with Gasteiger partial charge in [-0.15, -0.1) is 0 Å². The van der Waals surface area contributed by atoms with Gasteiger partial charge < -0.3 is 10.2 Å². The van der Waals surface area contributed by atoms with Crippen LogP contribution in [0.15, 0.2) is 24.3 Å². The molecular weight excluding hydrogens is 195 g/mol. The van der Waals surface area contributed by atoms with E-state index in [1.165, 1.54) is 11.0 Å². The molecular formula is C11H15FN2O. The summed E-state index contributed by atoms with van der Waals surface area (Å²) in [5.74, 6) is -0.270. The minimum Gasteiger partial charge on any atom is -0.348 e. The zero-order valence-corrected chi connectivity index (χ0v) is 8.96. The van der Waals surface area contributed by atoms with Crippen molar-refractivity contribution in [3.05, 3.63) is 35.6 Å². The fourth-order valence-corrected chi connectivity index (χ4v) is 1.10. The normalized spacial score (nSPS) is 10.1. The molecule has 15 heavy (non-hydrogen) atoms. The molecule has 0 fully saturated rings. The van der Waals surface area contributed by atoms with Crippen LogP contribution in [0.2, 0.25) is 0 Å². The van der Waals surface area contributed by atoms with Crippen LogP contribution in [0.5, 0.6) is 0 Å². The fraction of sp³-hybridized carbons (Fsp3) is 0.364. The third-order valence-corrected chi connectivity index (χ3v) is 2.05. The van der Waals surface area contributed by atoms with Gasteiger partial charge in [0.1, 0.15) is 5.82 Å². The maximum atomic E-state index is 13.1. The van der Waals surface area contributed by atoms with E-state index >= 15 is 0 Å². The Balaban J connectivity index is 2.38. The van der Waals surface area contributed by atoms with Crippen LogP contribution < -0.4 is 5.32 Å². The number of carbonyl (C=O) groups excluding carboxylic acids is 1. The summed E-state index contributed by atoms with van der Waals surface area (Å²) in [5, 5.41) is 2.89. The highest BCUT2D eigenvalue weighted by atomic mass is 19.1. The van der Waals surface area contributed by atoms with E-state index in [1.807, 2.05) is 0 Å². The highest BCUT2D eigenvalue weighted by molar-refractivity contribution is 5.77. The Morgan fingerprint density at radius 3 is 2.67 bits per heavy atom. The lowest BCUT2D eigenvalue weighted by atomic mass is 10.2. The van der Waals surface area contributed by atoms with Crippen molar-refractivity contribution in [2.24, 2.45) is 0 Å². The quantitative estimate of drug-likeness (QED) is 0.804. The first-order chi connectivity index (χ1) is 7.11. The van der Waals surface area contributed by atoms with Gasteiger partial charge in [-0.3, -0.25) is 4.79 Å². The molecule has 1 aromatic rings. The number of halogens is 1. The van der Waals surface area contributed by atoms with E-state index < -0.39 is 0 Å². The molecule has 0 aliphatic heterocycles. The number of benzene rings is 1. The second kappa shape index (κ2) is 5.46. The van der Waals surface area contributed by atoms with Crippen molar-refractivity contribution in [3.8, 4) is 0 Å². The summed E-state index contributed by atoms with van der Waals surface area (Å²) in [4.78, 5) is 12.7. The highest BCUT2D eigenvalue weighted by Gasteiger charge is 2.04. The maximum absolute atomic E-state index is 13.1. The first kappa shape index (κ1) is 11.7. The number of nitrogens with zero attached hydrogens (tertiary/aromatic N) is 1. The molecule has 3 nitrogen and oxygen atoms in total. The molecule has 0 bridgehead atoms. The van der Waals surface area contributed by atoms with E-state index in [-0.39, 0.29) is 18.3 Å². The third kappa shape index (κ3) is 3.67. The van der Waals surface area contributed by atoms with Crippen LogP contribution >= 0.6 is 0 Å². The Hall–Kier alpha value is -1.42. The SMILES string of the molecule is CN(C)C(=O)CNCc1ccccc1F. The predicted molar refractivity (Wildman–Crippen MR) is 56.8 cm³/mol. The van der Waals surface area contributed by atoms with Crippen molar-refractivity contribution in [2.45, 2.75) is 6.54 Å². The fourth-order valence-electron chi connectivity index (χ4n) is 1.10. The van der Waals surface area contributed by atoms with E-state index in [2.05, 4.69) is 5.32 Å². The van der Waals surface area contributed by atoms with Crippen LogP contribution in [0.25, 0.3) is 0 Å². The van der Waals surface area contributed by atoms with Gasteiger partial charge in [0.05, 0.1) is 6.54 Å². The number of hydrogen-bond donors (Lipinski definition) is 1. The number of likely N-dealkylation sites (N-methyl/N-ethyl adjacent to an activating group) is 1. The Morgan fingerprint density at radius 1 is 1.40 bits per heavy atom. The lowest BCUT2D eigenvalue weighted by Crippen LogP contribution is -2.32. The lowest BCUT2D eigenvalue weighted by Gasteiger charge is -2.11. The molecule has 0 aromatic heterocycles. The van der Waals surface area contributed by atoms with Gasteiger partial charge in [-0.05, 0) is 6.07 Å². The molecule has 1 rings (SSSR count). The average molecular weight is 210 g/mol. The molecule has 0 atom stereocenters. The van der Waals surface area contributed by atoms with Crippen molar-refractivity contribution < 1.29 is 9.18 Å². The van der Waals surface area contributed by atoms with Crippen molar-refractivity contribution in [1.29, 1.82) is 0 Å². The Labute approximate surface area is 88.9 Å². The summed E-state index contributed by atoms with van der Waals surface area (Å²) in [7, 11) is 3.38. The van der Waals surface area contributed by atoms with E-state index in [9.17, 15) is 9.18 Å². The van der Waals surface area contributed by atoms with Gasteiger partial charge in [-0.2, -0.15) is 0 Å². The number of rotatable bonds is 4. The van der Waals surface area contributed by atoms with Crippen molar-refractivity contribution in [1.82, 2.24) is 10.2 Å². The van der Waals surface area contributed by atoms with E-state index in [0.29, 0.717) is 12.1 Å². The zero-order chi connectivity index (χ0) is 11.3. The minimum atomic E-state index is -0.248. The largest absolute Gasteiger partial charge is 0.348 e. The summed E-state index contributed by atoms with van der Waals surface area (Å²) in [6, 6.07) is 6.52. The molecule has 0 spiro atoms. The molecule has 1 N–H and O–H groups in total. The number of nitrogens with one attached hydrogen (secondary N) is 1. The molecule has 0 aliphatic carbocycles. The summed E-state index contributed by atoms with van der Waals surface area (Å²) in [6.45, 7) is 0.591. The highest BCUT2D eigenvalue weighted by Crippen LogP contribution is 2.04. The van der Waals surface area contributed by atoms with E-state index in [4.69, 9.17) is 0 Å². The second-order valence-corrected chi connectivity index (χ2v) is 3.48. The van der Waals surface area contributed by atoms with Gasteiger partial charge >= 0.3 is 0 Å². The molecule has 0 unspecified atom stereocenters. The van der Waals surface area contributed by atoms with Gasteiger partial charge in [-0.25, -0.2) is 4.39 Å². The van der Waals surface area contributed by atoms with Crippen molar-refractivity contribution >= 4 is 5.91 Å². The minimum absolute atomic E-state index is 0.0219. The second-order valence-electron chi connectivity index (χ2n) is 3.48. The lowest BCUT2D eigenvalue weighted by molar-refractivity contribution is -0.127. The van der Waals surface area contributed by atoms with Crippen LogP contribution in [0, 0.1) is 5.82 Å². The molecule has 82 valence electrons. The number of hydrogen-bond acceptors (Lipinski definition) is 2. The monoisotopic (exact) mass is 210 g/mol. The average Bonchev–Trinajstić information content (AvgIpc) is 2.20. The Morgan fingerprint density at radius 2 is 2.07 bits per heavy atom. The third-order valence-electron chi connectivity index (χ3n) is 2.05. The predicted octanol–water partition coefficient (Wildman–Crippen LogP) is 1.00. The Kier molecular flexibility index (Phi) is 4.24.